The van der Waals surface area contributed by atoms with Crippen molar-refractivity contribution in [1.82, 2.24) is 14.5 Å². The summed E-state index contributed by atoms with van der Waals surface area (Å²) in [5.74, 6) is -0.385. The van der Waals surface area contributed by atoms with Gasteiger partial charge < -0.3 is 11.1 Å². The van der Waals surface area contributed by atoms with E-state index in [0.29, 0.717) is 6.54 Å². The minimum atomic E-state index is -0.635. The van der Waals surface area contributed by atoms with Crippen LogP contribution in [-0.4, -0.2) is 20.6 Å². The number of hydrogen-bond acceptors (Lipinski definition) is 4. The van der Waals surface area contributed by atoms with Crippen molar-refractivity contribution in [3.8, 4) is 0 Å². The summed E-state index contributed by atoms with van der Waals surface area (Å²) < 4.78 is 2.16. The van der Waals surface area contributed by atoms with E-state index in [1.54, 1.807) is 6.92 Å². The molecule has 0 aliphatic heterocycles. The van der Waals surface area contributed by atoms with E-state index in [0.717, 1.165) is 11.0 Å². The zero-order valence-corrected chi connectivity index (χ0v) is 12.4. The van der Waals surface area contributed by atoms with Crippen LogP contribution in [0.1, 0.15) is 34.1 Å². The minimum absolute atomic E-state index is 0.0472. The maximum absolute atomic E-state index is 12.0. The molecule has 7 heteroatoms. The maximum atomic E-state index is 12.0. The molecule has 0 radical (unpaired) electrons. The van der Waals surface area contributed by atoms with Gasteiger partial charge in [0.1, 0.15) is 12.2 Å². The second-order valence-corrected chi connectivity index (χ2v) is 5.33. The van der Waals surface area contributed by atoms with Crippen LogP contribution in [0.3, 0.4) is 0 Å². The van der Waals surface area contributed by atoms with E-state index in [1.165, 1.54) is 10.8 Å². The molecule has 0 spiro atoms. The summed E-state index contributed by atoms with van der Waals surface area (Å²) in [6.07, 6.45) is 2.04. The standard InChI is InChI=1S/C13H22N4O3/c1-5-13(3,4)15-10(18)8-17-11(19)9(14)7-16(6-2)12(17)20/h7H,5-6,8,14H2,1-4H3,(H,15,18). The molecule has 1 aromatic rings. The van der Waals surface area contributed by atoms with Gasteiger partial charge in [0.2, 0.25) is 5.91 Å². The molecule has 0 saturated carbocycles. The molecule has 1 amide bonds. The number of nitrogen functional groups attached to an aromatic ring is 1. The topological polar surface area (TPSA) is 99.1 Å². The highest BCUT2D eigenvalue weighted by molar-refractivity contribution is 5.76. The van der Waals surface area contributed by atoms with Gasteiger partial charge in [0, 0.05) is 18.3 Å². The first-order valence-corrected chi connectivity index (χ1v) is 6.62. The molecule has 0 fully saturated rings. The number of carbonyl (C=O) groups is 1. The van der Waals surface area contributed by atoms with E-state index < -0.39 is 11.2 Å². The lowest BCUT2D eigenvalue weighted by Crippen LogP contribution is -2.48. The molecule has 0 aliphatic carbocycles. The molecule has 20 heavy (non-hydrogen) atoms. The third-order valence-electron chi connectivity index (χ3n) is 3.27. The summed E-state index contributed by atoms with van der Waals surface area (Å²) in [5.41, 5.74) is 3.97. The number of aryl methyl sites for hydroxylation is 1. The van der Waals surface area contributed by atoms with E-state index in [1.807, 2.05) is 20.8 Å². The van der Waals surface area contributed by atoms with Gasteiger partial charge in [-0.05, 0) is 27.2 Å². The molecule has 0 aromatic carbocycles. The second-order valence-electron chi connectivity index (χ2n) is 5.33. The minimum Gasteiger partial charge on any atom is -0.393 e. The van der Waals surface area contributed by atoms with Gasteiger partial charge in [0.15, 0.2) is 0 Å². The van der Waals surface area contributed by atoms with Crippen LogP contribution in [-0.2, 0) is 17.9 Å². The van der Waals surface area contributed by atoms with Crippen molar-refractivity contribution >= 4 is 11.6 Å². The highest BCUT2D eigenvalue weighted by atomic mass is 16.2. The number of nitrogens with one attached hydrogen (secondary N) is 1. The normalized spacial score (nSPS) is 11.4. The maximum Gasteiger partial charge on any atom is 0.331 e. The van der Waals surface area contributed by atoms with Crippen LogP contribution in [0, 0.1) is 0 Å². The Morgan fingerprint density at radius 1 is 1.35 bits per heavy atom. The van der Waals surface area contributed by atoms with Gasteiger partial charge in [0.05, 0.1) is 0 Å². The van der Waals surface area contributed by atoms with Crippen molar-refractivity contribution in [3.63, 3.8) is 0 Å². The molecule has 1 heterocycles. The number of anilines is 1. The predicted octanol–water partition coefficient (Wildman–Crippen LogP) is -0.0831. The fraction of sp³-hybridized carbons (Fsp3) is 0.615. The number of hydrogen-bond donors (Lipinski definition) is 2. The van der Waals surface area contributed by atoms with Gasteiger partial charge in [0.25, 0.3) is 5.56 Å². The first-order valence-electron chi connectivity index (χ1n) is 6.62. The van der Waals surface area contributed by atoms with Gasteiger partial charge in [-0.3, -0.25) is 14.2 Å². The largest absolute Gasteiger partial charge is 0.393 e. The third kappa shape index (κ3) is 3.49. The summed E-state index contributed by atoms with van der Waals surface area (Å²) in [4.78, 5) is 35.8. The fourth-order valence-electron chi connectivity index (χ4n) is 1.69. The Hall–Kier alpha value is -2.05. The molecule has 0 bridgehead atoms. The average Bonchev–Trinajstić information content (AvgIpc) is 2.38. The SMILES string of the molecule is CCn1cc(N)c(=O)n(CC(=O)NC(C)(C)CC)c1=O. The Morgan fingerprint density at radius 3 is 2.45 bits per heavy atom. The highest BCUT2D eigenvalue weighted by Crippen LogP contribution is 2.06. The molecule has 7 nitrogen and oxygen atoms in total. The predicted molar refractivity (Wildman–Crippen MR) is 77.6 cm³/mol. The number of aromatic nitrogens is 2. The number of amides is 1. The molecule has 1 rings (SSSR count). The summed E-state index contributed by atoms with van der Waals surface area (Å²) in [6, 6.07) is 0. The molecule has 0 unspecified atom stereocenters. The first-order chi connectivity index (χ1) is 9.21. The number of nitrogens with zero attached hydrogens (tertiary/aromatic N) is 2. The van der Waals surface area contributed by atoms with E-state index in [4.69, 9.17) is 5.73 Å². The molecule has 3 N–H and O–H groups in total. The van der Waals surface area contributed by atoms with Crippen LogP contribution in [0.15, 0.2) is 15.8 Å². The lowest BCUT2D eigenvalue weighted by Gasteiger charge is -2.24. The Kier molecular flexibility index (Phi) is 4.75. The zero-order valence-electron chi connectivity index (χ0n) is 12.4. The summed E-state index contributed by atoms with van der Waals surface area (Å²) in [6.45, 7) is 7.50. The molecule has 1 aromatic heterocycles. The van der Waals surface area contributed by atoms with Crippen LogP contribution in [0.4, 0.5) is 5.69 Å². The van der Waals surface area contributed by atoms with Gasteiger partial charge >= 0.3 is 5.69 Å². The molecular formula is C13H22N4O3. The van der Waals surface area contributed by atoms with Crippen molar-refractivity contribution in [3.05, 3.63) is 27.0 Å². The van der Waals surface area contributed by atoms with Crippen molar-refractivity contribution < 1.29 is 4.79 Å². The van der Waals surface area contributed by atoms with Gasteiger partial charge in [-0.2, -0.15) is 0 Å². The van der Waals surface area contributed by atoms with Gasteiger partial charge in [-0.1, -0.05) is 6.92 Å². The van der Waals surface area contributed by atoms with Crippen LogP contribution in [0.25, 0.3) is 0 Å². The van der Waals surface area contributed by atoms with Crippen LogP contribution < -0.4 is 22.3 Å². The van der Waals surface area contributed by atoms with Crippen molar-refractivity contribution in [2.75, 3.05) is 5.73 Å². The summed E-state index contributed by atoms with van der Waals surface area (Å²) in [7, 11) is 0. The fourth-order valence-corrected chi connectivity index (χ4v) is 1.69. The molecule has 0 atom stereocenters. The number of rotatable bonds is 5. The summed E-state index contributed by atoms with van der Waals surface area (Å²) in [5, 5.41) is 2.78. The third-order valence-corrected chi connectivity index (χ3v) is 3.27. The van der Waals surface area contributed by atoms with E-state index >= 15 is 0 Å². The first kappa shape index (κ1) is 16.0. The van der Waals surface area contributed by atoms with E-state index in [2.05, 4.69) is 5.32 Å². The molecule has 0 saturated heterocycles. The van der Waals surface area contributed by atoms with Gasteiger partial charge in [-0.25, -0.2) is 9.36 Å². The second kappa shape index (κ2) is 5.94. The van der Waals surface area contributed by atoms with E-state index in [9.17, 15) is 14.4 Å². The lowest BCUT2D eigenvalue weighted by atomic mass is 10.0. The summed E-state index contributed by atoms with van der Waals surface area (Å²) >= 11 is 0. The van der Waals surface area contributed by atoms with Crippen molar-refractivity contribution in [1.29, 1.82) is 0 Å². The zero-order chi connectivity index (χ0) is 15.5. The average molecular weight is 282 g/mol. The van der Waals surface area contributed by atoms with Crippen LogP contribution >= 0.6 is 0 Å². The Bertz CT molecular complexity index is 613. The highest BCUT2D eigenvalue weighted by Gasteiger charge is 2.19. The monoisotopic (exact) mass is 282 g/mol. The van der Waals surface area contributed by atoms with Crippen LogP contribution in [0.5, 0.6) is 0 Å². The van der Waals surface area contributed by atoms with Crippen molar-refractivity contribution in [2.45, 2.75) is 52.7 Å². The lowest BCUT2D eigenvalue weighted by molar-refractivity contribution is -0.123. The Labute approximate surface area is 117 Å². The quantitative estimate of drug-likeness (QED) is 0.788. The van der Waals surface area contributed by atoms with E-state index in [-0.39, 0.29) is 23.7 Å². The Morgan fingerprint density at radius 2 is 1.95 bits per heavy atom. The molecule has 112 valence electrons. The smallest absolute Gasteiger partial charge is 0.331 e. The molecule has 0 aliphatic rings. The van der Waals surface area contributed by atoms with Gasteiger partial charge in [-0.15, -0.1) is 0 Å². The van der Waals surface area contributed by atoms with Crippen molar-refractivity contribution in [2.24, 2.45) is 0 Å². The Balaban J connectivity index is 3.10. The van der Waals surface area contributed by atoms with Crippen LogP contribution in [0.2, 0.25) is 0 Å². The number of carbonyl (C=O) groups excluding carboxylic acids is 1. The number of nitrogens with two attached hydrogens (primary N) is 1. The molecular weight excluding hydrogens is 260 g/mol.